The average Bonchev–Trinajstić information content (AvgIpc) is 2.94. The third kappa shape index (κ3) is 3.88. The van der Waals surface area contributed by atoms with Crippen molar-refractivity contribution >= 4 is 28.9 Å². The van der Waals surface area contributed by atoms with Crippen LogP contribution in [-0.4, -0.2) is 24.1 Å². The molecule has 0 spiro atoms. The summed E-state index contributed by atoms with van der Waals surface area (Å²) in [5.74, 6) is -0.449. The number of halogens is 3. The van der Waals surface area contributed by atoms with Crippen LogP contribution in [0.4, 0.5) is 10.1 Å². The summed E-state index contributed by atoms with van der Waals surface area (Å²) in [6.07, 6.45) is 2.61. The van der Waals surface area contributed by atoms with Crippen molar-refractivity contribution in [2.75, 3.05) is 18.0 Å². The number of anilines is 1. The van der Waals surface area contributed by atoms with Crippen molar-refractivity contribution in [1.82, 2.24) is 10.3 Å². The maximum Gasteiger partial charge on any atom is 0.212 e. The molecule has 1 aliphatic heterocycles. The summed E-state index contributed by atoms with van der Waals surface area (Å²) in [4.78, 5) is 5.91. The Hall–Kier alpha value is -1.36. The molecule has 116 valence electrons. The Balaban J connectivity index is 1.55. The average molecular weight is 340 g/mol. The van der Waals surface area contributed by atoms with Crippen molar-refractivity contribution in [2.45, 2.75) is 19.0 Å². The highest BCUT2D eigenvalue weighted by Crippen LogP contribution is 2.21. The first-order valence-corrected chi connectivity index (χ1v) is 7.90. The summed E-state index contributed by atoms with van der Waals surface area (Å²) in [5, 5.41) is 4.81. The van der Waals surface area contributed by atoms with Gasteiger partial charge in [-0.2, -0.15) is 4.39 Å². The van der Waals surface area contributed by atoms with Gasteiger partial charge in [-0.1, -0.05) is 23.2 Å². The lowest BCUT2D eigenvalue weighted by atomic mass is 10.2. The van der Waals surface area contributed by atoms with Crippen LogP contribution in [0.1, 0.15) is 12.0 Å². The monoisotopic (exact) mass is 339 g/mol. The van der Waals surface area contributed by atoms with Crippen molar-refractivity contribution in [3.05, 3.63) is 58.1 Å². The summed E-state index contributed by atoms with van der Waals surface area (Å²) in [7, 11) is 0. The van der Waals surface area contributed by atoms with Crippen LogP contribution in [0.3, 0.4) is 0 Å². The van der Waals surface area contributed by atoms with Crippen LogP contribution >= 0.6 is 23.2 Å². The number of aromatic nitrogens is 1. The zero-order chi connectivity index (χ0) is 15.5. The lowest BCUT2D eigenvalue weighted by Gasteiger charge is -2.18. The summed E-state index contributed by atoms with van der Waals surface area (Å²) in [5.41, 5.74) is 2.02. The molecule has 22 heavy (non-hydrogen) atoms. The van der Waals surface area contributed by atoms with Crippen molar-refractivity contribution in [2.24, 2.45) is 0 Å². The van der Waals surface area contributed by atoms with Gasteiger partial charge in [0.2, 0.25) is 5.95 Å². The molecule has 2 aromatic rings. The molecule has 1 aromatic heterocycles. The second kappa shape index (κ2) is 6.82. The second-order valence-electron chi connectivity index (χ2n) is 5.43. The van der Waals surface area contributed by atoms with Crippen molar-refractivity contribution in [3.8, 4) is 0 Å². The van der Waals surface area contributed by atoms with Gasteiger partial charge in [-0.25, -0.2) is 4.98 Å². The van der Waals surface area contributed by atoms with E-state index in [-0.39, 0.29) is 0 Å². The third-order valence-corrected chi connectivity index (χ3v) is 4.22. The molecule has 3 nitrogen and oxygen atoms in total. The second-order valence-corrected chi connectivity index (χ2v) is 6.30. The quantitative estimate of drug-likeness (QED) is 0.856. The Kier molecular flexibility index (Phi) is 4.81. The van der Waals surface area contributed by atoms with E-state index in [1.165, 1.54) is 6.07 Å². The fourth-order valence-corrected chi connectivity index (χ4v) is 3.26. The minimum absolute atomic E-state index is 0.378. The van der Waals surface area contributed by atoms with E-state index >= 15 is 0 Å². The van der Waals surface area contributed by atoms with E-state index in [2.05, 4.69) is 15.2 Å². The molecule has 2 heterocycles. The SMILES string of the molecule is Fc1ccc(N2CCC(NCc3cc(Cl)cc(Cl)c3)C2)cn1. The summed E-state index contributed by atoms with van der Waals surface area (Å²) < 4.78 is 12.9. The molecule has 1 unspecified atom stereocenters. The smallest absolute Gasteiger partial charge is 0.212 e. The largest absolute Gasteiger partial charge is 0.369 e. The van der Waals surface area contributed by atoms with Gasteiger partial charge >= 0.3 is 0 Å². The highest BCUT2D eigenvalue weighted by atomic mass is 35.5. The van der Waals surface area contributed by atoms with Gasteiger partial charge in [0.25, 0.3) is 0 Å². The van der Waals surface area contributed by atoms with Gasteiger partial charge in [0, 0.05) is 35.7 Å². The first-order valence-electron chi connectivity index (χ1n) is 7.15. The third-order valence-electron chi connectivity index (χ3n) is 3.78. The molecular weight excluding hydrogens is 324 g/mol. The van der Waals surface area contributed by atoms with Crippen molar-refractivity contribution < 1.29 is 4.39 Å². The van der Waals surface area contributed by atoms with Crippen LogP contribution in [0.25, 0.3) is 0 Å². The molecule has 1 aliphatic rings. The van der Waals surface area contributed by atoms with Crippen LogP contribution in [0.15, 0.2) is 36.5 Å². The predicted octanol–water partition coefficient (Wildman–Crippen LogP) is 3.90. The van der Waals surface area contributed by atoms with Gasteiger partial charge in [0.05, 0.1) is 11.9 Å². The predicted molar refractivity (Wildman–Crippen MR) is 88.1 cm³/mol. The molecule has 0 saturated carbocycles. The van der Waals surface area contributed by atoms with Crippen molar-refractivity contribution in [1.29, 1.82) is 0 Å². The van der Waals surface area contributed by atoms with Crippen LogP contribution in [-0.2, 0) is 6.54 Å². The maximum absolute atomic E-state index is 12.9. The highest BCUT2D eigenvalue weighted by molar-refractivity contribution is 6.34. The Bertz CT molecular complexity index is 628. The Morgan fingerprint density at radius 3 is 2.68 bits per heavy atom. The van der Waals surface area contributed by atoms with E-state index in [9.17, 15) is 4.39 Å². The van der Waals surface area contributed by atoms with E-state index in [0.717, 1.165) is 37.3 Å². The summed E-state index contributed by atoms with van der Waals surface area (Å²) in [6.45, 7) is 2.53. The van der Waals surface area contributed by atoms with Gasteiger partial charge in [0.1, 0.15) is 0 Å². The zero-order valence-corrected chi connectivity index (χ0v) is 13.4. The maximum atomic E-state index is 12.9. The molecule has 0 aliphatic carbocycles. The highest BCUT2D eigenvalue weighted by Gasteiger charge is 2.22. The molecule has 1 saturated heterocycles. The van der Waals surface area contributed by atoms with E-state index in [1.807, 2.05) is 12.1 Å². The van der Waals surface area contributed by atoms with Gasteiger partial charge in [-0.3, -0.25) is 0 Å². The van der Waals surface area contributed by atoms with Crippen LogP contribution < -0.4 is 10.2 Å². The summed E-state index contributed by atoms with van der Waals surface area (Å²) in [6, 6.07) is 9.09. The molecule has 1 aromatic carbocycles. The fourth-order valence-electron chi connectivity index (χ4n) is 2.69. The van der Waals surface area contributed by atoms with E-state index in [4.69, 9.17) is 23.2 Å². The molecule has 1 fully saturated rings. The number of rotatable bonds is 4. The molecule has 0 radical (unpaired) electrons. The lowest BCUT2D eigenvalue weighted by molar-refractivity contribution is 0.551. The number of hydrogen-bond donors (Lipinski definition) is 1. The molecule has 3 rings (SSSR count). The lowest BCUT2D eigenvalue weighted by Crippen LogP contribution is -2.32. The number of benzene rings is 1. The Morgan fingerprint density at radius 2 is 2.00 bits per heavy atom. The standard InChI is InChI=1S/C16H16Cl2FN3/c17-12-5-11(6-13(18)7-12)8-20-14-3-4-22(10-14)15-1-2-16(19)21-9-15/h1-2,5-7,9,14,20H,3-4,8,10H2. The van der Waals surface area contributed by atoms with E-state index in [0.29, 0.717) is 16.1 Å². The van der Waals surface area contributed by atoms with Crippen molar-refractivity contribution in [3.63, 3.8) is 0 Å². The first-order chi connectivity index (χ1) is 10.6. The fraction of sp³-hybridized carbons (Fsp3) is 0.312. The number of pyridine rings is 1. The molecule has 6 heteroatoms. The van der Waals surface area contributed by atoms with Crippen LogP contribution in [0.2, 0.25) is 10.0 Å². The first kappa shape index (κ1) is 15.5. The Labute approximate surface area is 139 Å². The van der Waals surface area contributed by atoms with E-state index in [1.54, 1.807) is 18.3 Å². The molecule has 0 amide bonds. The zero-order valence-electron chi connectivity index (χ0n) is 11.9. The molecular formula is C16H16Cl2FN3. The Morgan fingerprint density at radius 1 is 1.23 bits per heavy atom. The van der Waals surface area contributed by atoms with Gasteiger partial charge in [-0.05, 0) is 42.3 Å². The topological polar surface area (TPSA) is 28.2 Å². The molecule has 1 atom stereocenters. The number of nitrogens with zero attached hydrogens (tertiary/aromatic N) is 2. The minimum atomic E-state index is -0.449. The minimum Gasteiger partial charge on any atom is -0.369 e. The van der Waals surface area contributed by atoms with Gasteiger partial charge in [0.15, 0.2) is 0 Å². The van der Waals surface area contributed by atoms with Crippen LogP contribution in [0, 0.1) is 5.95 Å². The van der Waals surface area contributed by atoms with Crippen LogP contribution in [0.5, 0.6) is 0 Å². The van der Waals surface area contributed by atoms with Gasteiger partial charge < -0.3 is 10.2 Å². The van der Waals surface area contributed by atoms with E-state index < -0.39 is 5.95 Å². The molecule has 0 bridgehead atoms. The van der Waals surface area contributed by atoms with Gasteiger partial charge in [-0.15, -0.1) is 0 Å². The molecule has 1 N–H and O–H groups in total. The normalized spacial score (nSPS) is 18.0. The summed E-state index contributed by atoms with van der Waals surface area (Å²) >= 11 is 12.0. The number of hydrogen-bond acceptors (Lipinski definition) is 3. The number of nitrogens with one attached hydrogen (secondary N) is 1.